The minimum atomic E-state index is -3.97. The van der Waals surface area contributed by atoms with Crippen LogP contribution >= 0.6 is 11.3 Å². The van der Waals surface area contributed by atoms with E-state index in [0.717, 1.165) is 11.3 Å². The number of nitrogens with two attached hydrogens (primary N) is 1. The van der Waals surface area contributed by atoms with Crippen LogP contribution < -0.4 is 19.3 Å². The Balaban J connectivity index is 1.86. The molecule has 2 N–H and O–H groups in total. The summed E-state index contributed by atoms with van der Waals surface area (Å²) in [6.07, 6.45) is 0. The summed E-state index contributed by atoms with van der Waals surface area (Å²) >= 11 is 0.940. The van der Waals surface area contributed by atoms with Crippen molar-refractivity contribution in [1.29, 1.82) is 0 Å². The average molecular weight is 327 g/mol. The fraction of sp³-hybridized carbons (Fsp3) is 0.0833. The number of primary sulfonamides is 1. The molecule has 2 heterocycles. The monoisotopic (exact) mass is 327 g/mol. The smallest absolute Gasteiger partial charge is 0.355 e. The molecule has 0 aliphatic carbocycles. The van der Waals surface area contributed by atoms with E-state index in [0.29, 0.717) is 11.5 Å². The summed E-state index contributed by atoms with van der Waals surface area (Å²) in [5.41, 5.74) is 0. The van der Waals surface area contributed by atoms with Crippen LogP contribution in [0.25, 0.3) is 0 Å². The van der Waals surface area contributed by atoms with E-state index in [1.807, 2.05) is 0 Å². The Bertz CT molecular complexity index is 811. The van der Waals surface area contributed by atoms with Gasteiger partial charge in [0.05, 0.1) is 0 Å². The Labute approximate surface area is 123 Å². The van der Waals surface area contributed by atoms with Crippen LogP contribution in [-0.2, 0) is 10.0 Å². The van der Waals surface area contributed by atoms with Gasteiger partial charge in [0.25, 0.3) is 0 Å². The van der Waals surface area contributed by atoms with E-state index in [1.165, 1.54) is 23.6 Å². The number of carbonyl (C=O) groups excluding carboxylic acids is 1. The summed E-state index contributed by atoms with van der Waals surface area (Å²) in [7, 11) is -3.97. The van der Waals surface area contributed by atoms with Gasteiger partial charge in [-0.15, -0.1) is 11.3 Å². The predicted octanol–water partition coefficient (Wildman–Crippen LogP) is 1.34. The third kappa shape index (κ3) is 2.71. The van der Waals surface area contributed by atoms with Crippen LogP contribution in [0.5, 0.6) is 17.2 Å². The molecule has 0 amide bonds. The van der Waals surface area contributed by atoms with Crippen LogP contribution in [0.4, 0.5) is 0 Å². The normalized spacial score (nSPS) is 13.2. The van der Waals surface area contributed by atoms with E-state index in [-0.39, 0.29) is 22.3 Å². The highest BCUT2D eigenvalue weighted by Crippen LogP contribution is 2.35. The number of thiophene rings is 1. The molecule has 0 fully saturated rings. The SMILES string of the molecule is NS(=O)(=O)c1ccsc1C(=O)Oc1ccc2c(c1)OCO2. The van der Waals surface area contributed by atoms with Gasteiger partial charge in [-0.1, -0.05) is 0 Å². The van der Waals surface area contributed by atoms with Gasteiger partial charge in [-0.25, -0.2) is 18.4 Å². The van der Waals surface area contributed by atoms with E-state index in [2.05, 4.69) is 0 Å². The topological polar surface area (TPSA) is 105 Å². The van der Waals surface area contributed by atoms with Gasteiger partial charge in [0, 0.05) is 6.07 Å². The number of rotatable bonds is 3. The van der Waals surface area contributed by atoms with Crippen molar-refractivity contribution < 1.29 is 27.4 Å². The molecular formula is C12H9NO6S2. The van der Waals surface area contributed by atoms with Gasteiger partial charge in [0.15, 0.2) is 11.5 Å². The molecule has 7 nitrogen and oxygen atoms in total. The molecule has 0 radical (unpaired) electrons. The van der Waals surface area contributed by atoms with Crippen LogP contribution in [-0.4, -0.2) is 21.2 Å². The van der Waals surface area contributed by atoms with Crippen molar-refractivity contribution in [3.05, 3.63) is 34.5 Å². The Morgan fingerprint density at radius 2 is 2.00 bits per heavy atom. The zero-order chi connectivity index (χ0) is 15.0. The fourth-order valence-electron chi connectivity index (χ4n) is 1.76. The molecule has 0 atom stereocenters. The van der Waals surface area contributed by atoms with Crippen molar-refractivity contribution in [2.45, 2.75) is 4.90 Å². The number of esters is 1. The van der Waals surface area contributed by atoms with Crippen molar-refractivity contribution in [3.8, 4) is 17.2 Å². The van der Waals surface area contributed by atoms with Crippen molar-refractivity contribution in [3.63, 3.8) is 0 Å². The van der Waals surface area contributed by atoms with Crippen molar-refractivity contribution in [2.24, 2.45) is 5.14 Å². The van der Waals surface area contributed by atoms with Crippen LogP contribution in [0.15, 0.2) is 34.5 Å². The summed E-state index contributed by atoms with van der Waals surface area (Å²) in [5, 5.41) is 6.50. The largest absolute Gasteiger partial charge is 0.454 e. The van der Waals surface area contributed by atoms with Gasteiger partial charge in [-0.3, -0.25) is 0 Å². The third-order valence-corrected chi connectivity index (χ3v) is 4.65. The summed E-state index contributed by atoms with van der Waals surface area (Å²) in [6, 6.07) is 5.87. The van der Waals surface area contributed by atoms with E-state index in [4.69, 9.17) is 19.3 Å². The van der Waals surface area contributed by atoms with E-state index >= 15 is 0 Å². The summed E-state index contributed by atoms with van der Waals surface area (Å²) in [5.74, 6) is 0.431. The van der Waals surface area contributed by atoms with Crippen molar-refractivity contribution >= 4 is 27.3 Å². The van der Waals surface area contributed by atoms with Crippen molar-refractivity contribution in [2.75, 3.05) is 6.79 Å². The molecule has 1 aliphatic heterocycles. The maximum absolute atomic E-state index is 12.0. The van der Waals surface area contributed by atoms with Gasteiger partial charge in [-0.2, -0.15) is 0 Å². The number of sulfonamides is 1. The molecule has 1 aromatic carbocycles. The predicted molar refractivity (Wildman–Crippen MR) is 73.2 cm³/mol. The van der Waals surface area contributed by atoms with Crippen LogP contribution in [0.2, 0.25) is 0 Å². The molecule has 3 rings (SSSR count). The lowest BCUT2D eigenvalue weighted by Crippen LogP contribution is -2.17. The van der Waals surface area contributed by atoms with Gasteiger partial charge in [0.1, 0.15) is 15.5 Å². The number of hydrogen-bond acceptors (Lipinski definition) is 7. The maximum atomic E-state index is 12.0. The van der Waals surface area contributed by atoms with E-state index in [1.54, 1.807) is 6.07 Å². The molecule has 110 valence electrons. The lowest BCUT2D eigenvalue weighted by atomic mass is 10.3. The maximum Gasteiger partial charge on any atom is 0.355 e. The van der Waals surface area contributed by atoms with Crippen molar-refractivity contribution in [1.82, 2.24) is 0 Å². The van der Waals surface area contributed by atoms with Gasteiger partial charge < -0.3 is 14.2 Å². The first-order valence-electron chi connectivity index (χ1n) is 5.67. The average Bonchev–Trinajstić information content (AvgIpc) is 3.06. The molecule has 0 saturated carbocycles. The number of benzene rings is 1. The standard InChI is InChI=1S/C12H9NO6S2/c13-21(15,16)10-3-4-20-11(10)12(14)19-7-1-2-8-9(5-7)18-6-17-8/h1-5H,6H2,(H2,13,15,16). The number of fused-ring (bicyclic) bond motifs is 1. The number of carbonyl (C=O) groups is 1. The van der Waals surface area contributed by atoms with Gasteiger partial charge in [-0.05, 0) is 23.6 Å². The Hall–Kier alpha value is -2.10. The van der Waals surface area contributed by atoms with E-state index < -0.39 is 16.0 Å². The first kappa shape index (κ1) is 13.9. The zero-order valence-electron chi connectivity index (χ0n) is 10.4. The number of hydrogen-bond donors (Lipinski definition) is 1. The minimum Gasteiger partial charge on any atom is -0.454 e. The first-order valence-corrected chi connectivity index (χ1v) is 8.10. The van der Waals surface area contributed by atoms with Gasteiger partial charge in [0.2, 0.25) is 16.8 Å². The summed E-state index contributed by atoms with van der Waals surface area (Å²) in [4.78, 5) is 11.7. The molecule has 2 aromatic rings. The van der Waals surface area contributed by atoms with Crippen LogP contribution in [0.3, 0.4) is 0 Å². The highest BCUT2D eigenvalue weighted by molar-refractivity contribution is 7.89. The Morgan fingerprint density at radius 1 is 1.24 bits per heavy atom. The second-order valence-corrected chi connectivity index (χ2v) is 6.51. The third-order valence-electron chi connectivity index (χ3n) is 2.68. The fourth-order valence-corrected chi connectivity index (χ4v) is 3.60. The lowest BCUT2D eigenvalue weighted by Gasteiger charge is -2.05. The van der Waals surface area contributed by atoms with Crippen LogP contribution in [0, 0.1) is 0 Å². The molecule has 1 aliphatic rings. The molecule has 0 saturated heterocycles. The first-order chi connectivity index (χ1) is 9.95. The second kappa shape index (κ2) is 5.02. The second-order valence-electron chi connectivity index (χ2n) is 4.06. The van der Waals surface area contributed by atoms with Crippen LogP contribution in [0.1, 0.15) is 9.67 Å². The molecule has 0 unspecified atom stereocenters. The quantitative estimate of drug-likeness (QED) is 0.674. The Morgan fingerprint density at radius 3 is 2.76 bits per heavy atom. The zero-order valence-corrected chi connectivity index (χ0v) is 12.1. The molecule has 9 heteroatoms. The van der Waals surface area contributed by atoms with Gasteiger partial charge >= 0.3 is 5.97 Å². The highest BCUT2D eigenvalue weighted by atomic mass is 32.2. The summed E-state index contributed by atoms with van der Waals surface area (Å²) in [6.45, 7) is 0.104. The minimum absolute atomic E-state index is 0.0739. The number of ether oxygens (including phenoxy) is 3. The molecule has 0 spiro atoms. The molecule has 21 heavy (non-hydrogen) atoms. The highest BCUT2D eigenvalue weighted by Gasteiger charge is 2.23. The molecule has 0 bridgehead atoms. The molecular weight excluding hydrogens is 318 g/mol. The Kier molecular flexibility index (Phi) is 3.32. The summed E-state index contributed by atoms with van der Waals surface area (Å²) < 4.78 is 38.2. The lowest BCUT2D eigenvalue weighted by molar-refractivity contribution is 0.0736. The molecule has 1 aromatic heterocycles. The van der Waals surface area contributed by atoms with E-state index in [9.17, 15) is 13.2 Å².